The number of rotatable bonds is 5. The van der Waals surface area contributed by atoms with Crippen molar-refractivity contribution in [1.82, 2.24) is 4.90 Å². The molecule has 1 amide bonds. The Labute approximate surface area is 234 Å². The van der Waals surface area contributed by atoms with Crippen molar-refractivity contribution in [2.45, 2.75) is 65.0 Å². The average molecular weight is 556 g/mol. The number of likely N-dealkylation sites (N-methyl/N-ethyl adjacent to an activating group) is 1. The van der Waals surface area contributed by atoms with E-state index in [-0.39, 0.29) is 35.1 Å². The highest BCUT2D eigenvalue weighted by Gasteiger charge is 2.70. The molecule has 10 heteroatoms. The molecule has 1 aromatic rings. The number of phenols is 1. The number of hydrogen-bond donors (Lipinski definition) is 5. The lowest BCUT2D eigenvalue weighted by Crippen LogP contribution is -2.71. The Morgan fingerprint density at radius 3 is 2.23 bits per heavy atom. The van der Waals surface area contributed by atoms with E-state index >= 15 is 0 Å². The van der Waals surface area contributed by atoms with Crippen LogP contribution in [0.5, 0.6) is 5.75 Å². The van der Waals surface area contributed by atoms with Crippen molar-refractivity contribution in [3.05, 3.63) is 39.7 Å². The fourth-order valence-electron chi connectivity index (χ4n) is 7.02. The highest BCUT2D eigenvalue weighted by molar-refractivity contribution is 6.25. The summed E-state index contributed by atoms with van der Waals surface area (Å²) in [4.78, 5) is 43.3. The van der Waals surface area contributed by atoms with Crippen LogP contribution in [-0.2, 0) is 27.2 Å². The number of nitrogens with zero attached hydrogens (tertiary/aromatic N) is 2. The van der Waals surface area contributed by atoms with Crippen molar-refractivity contribution in [2.75, 3.05) is 33.1 Å². The number of fused-ring (bicyclic) bond motifs is 3. The Hall–Kier alpha value is -3.37. The lowest BCUT2D eigenvalue weighted by atomic mass is 9.50. The van der Waals surface area contributed by atoms with E-state index in [2.05, 4.69) is 20.8 Å². The number of aromatic hydroxyl groups is 1. The summed E-state index contributed by atoms with van der Waals surface area (Å²) in [7, 11) is 6.89. The predicted octanol–water partition coefficient (Wildman–Crippen LogP) is 2.40. The number of amides is 1. The first-order valence-electron chi connectivity index (χ1n) is 13.5. The number of carbonyl (C=O) groups is 3. The van der Waals surface area contributed by atoms with Gasteiger partial charge in [-0.2, -0.15) is 0 Å². The second kappa shape index (κ2) is 9.34. The molecule has 1 unspecified atom stereocenters. The number of ketones is 2. The van der Waals surface area contributed by atoms with Crippen LogP contribution in [0.25, 0.3) is 5.76 Å². The fourth-order valence-corrected chi connectivity index (χ4v) is 7.02. The summed E-state index contributed by atoms with van der Waals surface area (Å²) in [6.07, 6.45) is 1.56. The maximum atomic E-state index is 14.2. The Balaban J connectivity index is 2.00. The molecule has 0 aliphatic heterocycles. The third kappa shape index (κ3) is 4.03. The summed E-state index contributed by atoms with van der Waals surface area (Å²) in [6.45, 7) is 7.81. The molecule has 0 bridgehead atoms. The summed E-state index contributed by atoms with van der Waals surface area (Å²) < 4.78 is 0. The molecule has 40 heavy (non-hydrogen) atoms. The molecule has 0 aromatic heterocycles. The van der Waals surface area contributed by atoms with Crippen LogP contribution >= 0.6 is 0 Å². The quantitative estimate of drug-likeness (QED) is 0.343. The first-order chi connectivity index (χ1) is 18.3. The van der Waals surface area contributed by atoms with Gasteiger partial charge in [-0.3, -0.25) is 19.3 Å². The number of carbonyl (C=O) groups excluding carboxylic acids is 3. The lowest BCUT2D eigenvalue weighted by molar-refractivity contribution is -0.171. The standard InChI is InChI=1S/C30H41N3O7/c1-28(2,3)10-9-14-12-17(32(5)6)16-11-15-13-29(4)24(33(7)8)23(36)20(27(31)39)26(38)30(29,40)25(37)18(15)22(35)19(16)21(14)34/h12,15,24,34-35,38,40H,9-11,13H2,1-8H3,(H2,31,39)/t15-,24?,29-,30-/m0/s1. The van der Waals surface area contributed by atoms with Gasteiger partial charge in [0.2, 0.25) is 5.78 Å². The summed E-state index contributed by atoms with van der Waals surface area (Å²) in [5.74, 6) is -5.41. The van der Waals surface area contributed by atoms with Crippen molar-refractivity contribution in [1.29, 1.82) is 0 Å². The van der Waals surface area contributed by atoms with Crippen molar-refractivity contribution >= 4 is 28.9 Å². The van der Waals surface area contributed by atoms with Crippen molar-refractivity contribution < 1.29 is 34.8 Å². The molecule has 0 saturated heterocycles. The number of aliphatic hydroxyl groups is 3. The van der Waals surface area contributed by atoms with Gasteiger partial charge in [0.15, 0.2) is 11.4 Å². The maximum absolute atomic E-state index is 14.2. The number of aliphatic hydroxyl groups excluding tert-OH is 2. The van der Waals surface area contributed by atoms with Crippen molar-refractivity contribution in [3.63, 3.8) is 0 Å². The number of anilines is 1. The van der Waals surface area contributed by atoms with Crippen molar-refractivity contribution in [3.8, 4) is 5.75 Å². The smallest absolute Gasteiger partial charge is 0.255 e. The Morgan fingerprint density at radius 2 is 1.73 bits per heavy atom. The molecule has 0 heterocycles. The van der Waals surface area contributed by atoms with E-state index < -0.39 is 57.5 Å². The van der Waals surface area contributed by atoms with Gasteiger partial charge < -0.3 is 31.1 Å². The highest BCUT2D eigenvalue weighted by atomic mass is 16.3. The number of primary amides is 1. The Kier molecular flexibility index (Phi) is 6.92. The second-order valence-corrected chi connectivity index (χ2v) is 13.4. The summed E-state index contributed by atoms with van der Waals surface area (Å²) in [5.41, 5.74) is 2.33. The summed E-state index contributed by atoms with van der Waals surface area (Å²) >= 11 is 0. The van der Waals surface area contributed by atoms with Crippen LogP contribution < -0.4 is 10.6 Å². The largest absolute Gasteiger partial charge is 0.508 e. The van der Waals surface area contributed by atoms with E-state index in [0.29, 0.717) is 17.5 Å². The van der Waals surface area contributed by atoms with Gasteiger partial charge in [-0.05, 0) is 68.3 Å². The number of phenolic OH excluding ortho intramolecular Hbond substituents is 1. The number of nitrogens with two attached hydrogens (primary N) is 1. The molecule has 4 atom stereocenters. The van der Waals surface area contributed by atoms with Crippen LogP contribution in [0.4, 0.5) is 5.69 Å². The van der Waals surface area contributed by atoms with Crippen LogP contribution in [0.1, 0.15) is 57.2 Å². The van der Waals surface area contributed by atoms with Crippen LogP contribution in [0.15, 0.2) is 23.0 Å². The molecule has 218 valence electrons. The minimum Gasteiger partial charge on any atom is -0.508 e. The van der Waals surface area contributed by atoms with Crippen molar-refractivity contribution in [2.24, 2.45) is 22.5 Å². The normalized spacial score (nSPS) is 28.4. The summed E-state index contributed by atoms with van der Waals surface area (Å²) in [5, 5.41) is 46.2. The number of Topliss-reactive ketones (excluding diaryl/α,β-unsaturated/α-hetero) is 2. The van der Waals surface area contributed by atoms with Crippen LogP contribution in [-0.4, -0.2) is 82.6 Å². The molecule has 10 nitrogen and oxygen atoms in total. The van der Waals surface area contributed by atoms with Gasteiger partial charge >= 0.3 is 0 Å². The first-order valence-corrected chi connectivity index (χ1v) is 13.5. The van der Waals surface area contributed by atoms with E-state index in [1.165, 1.54) is 11.8 Å². The van der Waals surface area contributed by atoms with Gasteiger partial charge in [0.25, 0.3) is 5.91 Å². The minimum absolute atomic E-state index is 0.0112. The molecular weight excluding hydrogens is 514 g/mol. The SMILES string of the molecule is CN(C)c1cc(CCC(C)(C)C)c(O)c2c1C[C@H]1C[C@@]3(C)C(N(C)C)C(=O)C(C(N)=O)=C(O)[C@@]3(O)C(=O)C1=C2O. The van der Waals surface area contributed by atoms with Gasteiger partial charge in [-0.1, -0.05) is 27.7 Å². The van der Waals surface area contributed by atoms with Gasteiger partial charge in [0.05, 0.1) is 11.6 Å². The Bertz CT molecular complexity index is 1380. The molecule has 6 N–H and O–H groups in total. The number of aryl methyl sites for hydroxylation is 1. The molecule has 3 aliphatic carbocycles. The number of benzene rings is 1. The van der Waals surface area contributed by atoms with Crippen LogP contribution in [0, 0.1) is 16.7 Å². The van der Waals surface area contributed by atoms with Gasteiger partial charge in [-0.25, -0.2) is 0 Å². The van der Waals surface area contributed by atoms with E-state index in [0.717, 1.165) is 12.1 Å². The molecule has 1 saturated carbocycles. The summed E-state index contributed by atoms with van der Waals surface area (Å²) in [6, 6.07) is 0.743. The van der Waals surface area contributed by atoms with Gasteiger partial charge in [0.1, 0.15) is 22.8 Å². The predicted molar refractivity (Wildman–Crippen MR) is 151 cm³/mol. The third-order valence-corrected chi connectivity index (χ3v) is 8.95. The Morgan fingerprint density at radius 1 is 1.12 bits per heavy atom. The van der Waals surface area contributed by atoms with Gasteiger partial charge in [0, 0.05) is 30.8 Å². The van der Waals surface area contributed by atoms with E-state index in [1.54, 1.807) is 14.1 Å². The van der Waals surface area contributed by atoms with E-state index in [9.17, 15) is 34.8 Å². The first kappa shape index (κ1) is 29.6. The van der Waals surface area contributed by atoms with Crippen LogP contribution in [0.3, 0.4) is 0 Å². The monoisotopic (exact) mass is 555 g/mol. The highest BCUT2D eigenvalue weighted by Crippen LogP contribution is 2.59. The van der Waals surface area contributed by atoms with Gasteiger partial charge in [-0.15, -0.1) is 0 Å². The molecule has 0 spiro atoms. The third-order valence-electron chi connectivity index (χ3n) is 8.95. The maximum Gasteiger partial charge on any atom is 0.255 e. The molecule has 4 rings (SSSR count). The molecule has 0 radical (unpaired) electrons. The molecular formula is C30H41N3O7. The zero-order chi connectivity index (χ0) is 30.3. The van der Waals surface area contributed by atoms with Crippen LogP contribution in [0.2, 0.25) is 0 Å². The lowest BCUT2D eigenvalue weighted by Gasteiger charge is -2.57. The van der Waals surface area contributed by atoms with E-state index in [4.69, 9.17) is 5.73 Å². The molecule has 1 fully saturated rings. The zero-order valence-corrected chi connectivity index (χ0v) is 24.5. The molecule has 3 aliphatic rings. The number of hydrogen-bond acceptors (Lipinski definition) is 9. The molecule has 1 aromatic carbocycles. The topological polar surface area (TPSA) is 165 Å². The minimum atomic E-state index is -2.71. The zero-order valence-electron chi connectivity index (χ0n) is 24.5. The van der Waals surface area contributed by atoms with E-state index in [1.807, 2.05) is 25.1 Å². The fraction of sp³-hybridized carbons (Fsp3) is 0.567. The second-order valence-electron chi connectivity index (χ2n) is 13.4. The average Bonchev–Trinajstić information content (AvgIpc) is 2.79.